The number of benzene rings is 2. The van der Waals surface area contributed by atoms with Crippen molar-refractivity contribution in [3.63, 3.8) is 0 Å². The third-order valence-corrected chi connectivity index (χ3v) is 5.86. The van der Waals surface area contributed by atoms with Crippen LogP contribution < -0.4 is 5.32 Å². The summed E-state index contributed by atoms with van der Waals surface area (Å²) in [6, 6.07) is 16.8. The van der Waals surface area contributed by atoms with Crippen molar-refractivity contribution in [3.8, 4) is 11.1 Å². The molecule has 4 nitrogen and oxygen atoms in total. The van der Waals surface area contributed by atoms with Gasteiger partial charge in [-0.15, -0.1) is 23.1 Å². The molecule has 3 aromatic rings. The van der Waals surface area contributed by atoms with Crippen LogP contribution in [0.15, 0.2) is 64.9 Å². The van der Waals surface area contributed by atoms with E-state index in [0.717, 1.165) is 10.5 Å². The van der Waals surface area contributed by atoms with Crippen LogP contribution in [-0.2, 0) is 9.53 Å². The molecule has 0 fully saturated rings. The molecular formula is C20H16ClNO3S2. The minimum atomic E-state index is -0.493. The van der Waals surface area contributed by atoms with Crippen molar-refractivity contribution >= 4 is 51.6 Å². The number of thiophene rings is 1. The van der Waals surface area contributed by atoms with Crippen molar-refractivity contribution in [3.05, 3.63) is 70.6 Å². The number of halogens is 1. The number of carbonyl (C=O) groups is 2. The molecule has 0 aliphatic heterocycles. The van der Waals surface area contributed by atoms with Gasteiger partial charge in [-0.1, -0.05) is 41.9 Å². The Morgan fingerprint density at radius 2 is 1.81 bits per heavy atom. The van der Waals surface area contributed by atoms with Crippen molar-refractivity contribution in [2.75, 3.05) is 18.2 Å². The zero-order valence-electron chi connectivity index (χ0n) is 14.4. The summed E-state index contributed by atoms with van der Waals surface area (Å²) in [6.45, 7) is 0. The largest absolute Gasteiger partial charge is 0.465 e. The molecule has 0 aliphatic rings. The second kappa shape index (κ2) is 9.08. The number of hydrogen-bond donors (Lipinski definition) is 1. The number of carbonyl (C=O) groups excluding carboxylic acids is 2. The Morgan fingerprint density at radius 1 is 1.11 bits per heavy atom. The third-order valence-electron chi connectivity index (χ3n) is 3.70. The SMILES string of the molecule is COC(=O)c1c(-c2ccc(Cl)cc2)csc1NC(=O)CSc1ccccc1. The molecule has 3 rings (SSSR count). The number of ether oxygens (including phenoxy) is 1. The smallest absolute Gasteiger partial charge is 0.341 e. The van der Waals surface area contributed by atoms with E-state index in [4.69, 9.17) is 16.3 Å². The van der Waals surface area contributed by atoms with E-state index in [2.05, 4.69) is 5.32 Å². The fraction of sp³-hybridized carbons (Fsp3) is 0.100. The minimum Gasteiger partial charge on any atom is -0.465 e. The van der Waals surface area contributed by atoms with Gasteiger partial charge in [0.15, 0.2) is 0 Å². The van der Waals surface area contributed by atoms with Crippen molar-refractivity contribution in [2.45, 2.75) is 4.90 Å². The number of anilines is 1. The summed E-state index contributed by atoms with van der Waals surface area (Å²) in [5.74, 6) is -0.426. The molecule has 1 N–H and O–H groups in total. The average molecular weight is 418 g/mol. The molecule has 138 valence electrons. The van der Waals surface area contributed by atoms with Crippen molar-refractivity contribution in [1.29, 1.82) is 0 Å². The summed E-state index contributed by atoms with van der Waals surface area (Å²) in [5, 5.41) is 5.75. The van der Waals surface area contributed by atoms with Gasteiger partial charge in [0.05, 0.1) is 12.9 Å². The van der Waals surface area contributed by atoms with Gasteiger partial charge in [0.1, 0.15) is 10.6 Å². The van der Waals surface area contributed by atoms with Gasteiger partial charge < -0.3 is 10.1 Å². The molecule has 27 heavy (non-hydrogen) atoms. The summed E-state index contributed by atoms with van der Waals surface area (Å²) in [4.78, 5) is 25.7. The summed E-state index contributed by atoms with van der Waals surface area (Å²) in [7, 11) is 1.32. The molecule has 0 saturated carbocycles. The van der Waals surface area contributed by atoms with Gasteiger partial charge >= 0.3 is 5.97 Å². The Morgan fingerprint density at radius 3 is 2.48 bits per heavy atom. The molecule has 0 spiro atoms. The van der Waals surface area contributed by atoms with E-state index in [1.807, 2.05) is 47.8 Å². The molecule has 1 aromatic heterocycles. The quantitative estimate of drug-likeness (QED) is 0.419. The predicted molar refractivity (Wildman–Crippen MR) is 112 cm³/mol. The second-order valence-corrected chi connectivity index (χ2v) is 7.87. The molecule has 0 aliphatic carbocycles. The van der Waals surface area contributed by atoms with Gasteiger partial charge in [0.25, 0.3) is 0 Å². The van der Waals surface area contributed by atoms with Crippen LogP contribution in [0.5, 0.6) is 0 Å². The topological polar surface area (TPSA) is 55.4 Å². The summed E-state index contributed by atoms with van der Waals surface area (Å²) < 4.78 is 4.92. The molecule has 1 amide bonds. The van der Waals surface area contributed by atoms with Crippen LogP contribution in [-0.4, -0.2) is 24.7 Å². The first-order valence-electron chi connectivity index (χ1n) is 8.02. The van der Waals surface area contributed by atoms with Gasteiger partial charge in [-0.2, -0.15) is 0 Å². The Kier molecular flexibility index (Phi) is 6.55. The van der Waals surface area contributed by atoms with Crippen molar-refractivity contribution in [1.82, 2.24) is 0 Å². The molecule has 0 bridgehead atoms. The Balaban J connectivity index is 1.79. The molecule has 0 atom stereocenters. The maximum atomic E-state index is 12.3. The number of thioether (sulfide) groups is 1. The normalized spacial score (nSPS) is 10.4. The van der Waals surface area contributed by atoms with E-state index in [0.29, 0.717) is 21.2 Å². The number of hydrogen-bond acceptors (Lipinski definition) is 5. The van der Waals surface area contributed by atoms with Crippen LogP contribution in [0.3, 0.4) is 0 Å². The molecule has 0 unspecified atom stereocenters. The molecular weight excluding hydrogens is 402 g/mol. The molecule has 1 heterocycles. The highest BCUT2D eigenvalue weighted by Gasteiger charge is 2.22. The van der Waals surface area contributed by atoms with Gasteiger partial charge in [0, 0.05) is 20.9 Å². The molecule has 0 radical (unpaired) electrons. The average Bonchev–Trinajstić information content (AvgIpc) is 3.10. The first-order valence-corrected chi connectivity index (χ1v) is 10.3. The lowest BCUT2D eigenvalue weighted by atomic mass is 10.0. The number of amides is 1. The van der Waals surface area contributed by atoms with Crippen molar-refractivity contribution < 1.29 is 14.3 Å². The minimum absolute atomic E-state index is 0.182. The number of nitrogens with one attached hydrogen (secondary N) is 1. The van der Waals surface area contributed by atoms with Gasteiger partial charge in [-0.3, -0.25) is 4.79 Å². The Hall–Kier alpha value is -2.28. The first kappa shape index (κ1) is 19.5. The molecule has 0 saturated heterocycles. The van der Waals surface area contributed by atoms with Crippen LogP contribution in [0, 0.1) is 0 Å². The van der Waals surface area contributed by atoms with E-state index in [-0.39, 0.29) is 11.7 Å². The van der Waals surface area contributed by atoms with Gasteiger partial charge in [0.2, 0.25) is 5.91 Å². The lowest BCUT2D eigenvalue weighted by Crippen LogP contribution is -2.15. The maximum Gasteiger partial charge on any atom is 0.341 e. The maximum absolute atomic E-state index is 12.3. The number of methoxy groups -OCH3 is 1. The fourth-order valence-corrected chi connectivity index (χ4v) is 4.24. The zero-order valence-corrected chi connectivity index (χ0v) is 16.8. The Labute approximate surface area is 170 Å². The number of esters is 1. The highest BCUT2D eigenvalue weighted by molar-refractivity contribution is 8.00. The first-order chi connectivity index (χ1) is 13.1. The van der Waals surface area contributed by atoms with E-state index in [9.17, 15) is 9.59 Å². The van der Waals surface area contributed by atoms with E-state index in [1.165, 1.54) is 30.2 Å². The number of rotatable bonds is 6. The van der Waals surface area contributed by atoms with Crippen LogP contribution in [0.2, 0.25) is 5.02 Å². The van der Waals surface area contributed by atoms with Crippen LogP contribution >= 0.6 is 34.7 Å². The highest BCUT2D eigenvalue weighted by atomic mass is 35.5. The zero-order chi connectivity index (χ0) is 19.2. The summed E-state index contributed by atoms with van der Waals surface area (Å²) in [5.41, 5.74) is 1.88. The molecule has 2 aromatic carbocycles. The summed E-state index contributed by atoms with van der Waals surface area (Å²) >= 11 is 8.67. The van der Waals surface area contributed by atoms with E-state index >= 15 is 0 Å². The standard InChI is InChI=1S/C20H16ClNO3S2/c1-25-20(24)18-16(13-7-9-14(21)10-8-13)11-27-19(18)22-17(23)12-26-15-5-3-2-4-6-15/h2-11H,12H2,1H3,(H,22,23). The van der Waals surface area contributed by atoms with Crippen LogP contribution in [0.1, 0.15) is 10.4 Å². The predicted octanol–water partition coefficient (Wildman–Crippen LogP) is 5.59. The Bertz CT molecular complexity index is 940. The van der Waals surface area contributed by atoms with Crippen LogP contribution in [0.25, 0.3) is 11.1 Å². The monoisotopic (exact) mass is 417 g/mol. The third kappa shape index (κ3) is 4.91. The summed E-state index contributed by atoms with van der Waals surface area (Å²) in [6.07, 6.45) is 0. The lowest BCUT2D eigenvalue weighted by molar-refractivity contribution is -0.113. The van der Waals surface area contributed by atoms with Gasteiger partial charge in [-0.25, -0.2) is 4.79 Å². The lowest BCUT2D eigenvalue weighted by Gasteiger charge is -2.08. The highest BCUT2D eigenvalue weighted by Crippen LogP contribution is 2.36. The van der Waals surface area contributed by atoms with Crippen LogP contribution in [0.4, 0.5) is 5.00 Å². The van der Waals surface area contributed by atoms with E-state index < -0.39 is 5.97 Å². The second-order valence-electron chi connectivity index (χ2n) is 5.50. The van der Waals surface area contributed by atoms with E-state index in [1.54, 1.807) is 12.1 Å². The van der Waals surface area contributed by atoms with Crippen molar-refractivity contribution in [2.24, 2.45) is 0 Å². The fourth-order valence-electron chi connectivity index (χ4n) is 2.42. The van der Waals surface area contributed by atoms with Gasteiger partial charge in [-0.05, 0) is 29.8 Å². The molecule has 7 heteroatoms.